The Labute approximate surface area is 117 Å². The lowest BCUT2D eigenvalue weighted by Gasteiger charge is -2.33. The second-order valence-corrected chi connectivity index (χ2v) is 5.44. The summed E-state index contributed by atoms with van der Waals surface area (Å²) >= 11 is 0. The molecule has 0 spiro atoms. The number of ether oxygens (including phenoxy) is 1. The third-order valence-electron chi connectivity index (χ3n) is 3.90. The van der Waals surface area contributed by atoms with Crippen LogP contribution in [-0.4, -0.2) is 31.6 Å². The van der Waals surface area contributed by atoms with Crippen molar-refractivity contribution in [1.29, 1.82) is 0 Å². The van der Waals surface area contributed by atoms with Crippen molar-refractivity contribution in [2.75, 3.05) is 18.6 Å². The van der Waals surface area contributed by atoms with E-state index in [4.69, 9.17) is 4.74 Å². The van der Waals surface area contributed by atoms with E-state index in [9.17, 15) is 9.18 Å². The van der Waals surface area contributed by atoms with E-state index < -0.39 is 5.82 Å². The Hall–Kier alpha value is -1.62. The van der Waals surface area contributed by atoms with Crippen molar-refractivity contribution < 1.29 is 13.9 Å². The molecule has 1 aliphatic carbocycles. The molecule has 1 amide bonds. The standard InChI is InChI=1S/C15H19FN2O2/c1-20-14-7-6-11(9-12(14)16)18-8-2-3-13(15(18)19)17-10-4-5-10/h6-7,9-10,13,17H,2-5,8H2,1H3. The molecule has 0 radical (unpaired) electrons. The largest absolute Gasteiger partial charge is 0.494 e. The number of benzene rings is 1. The Kier molecular flexibility index (Phi) is 3.61. The maximum absolute atomic E-state index is 13.8. The van der Waals surface area contributed by atoms with Crippen LogP contribution in [0, 0.1) is 5.82 Å². The van der Waals surface area contributed by atoms with Crippen molar-refractivity contribution in [3.63, 3.8) is 0 Å². The lowest BCUT2D eigenvalue weighted by molar-refractivity contribution is -0.121. The Morgan fingerprint density at radius 3 is 2.80 bits per heavy atom. The Morgan fingerprint density at radius 1 is 1.35 bits per heavy atom. The van der Waals surface area contributed by atoms with Crippen LogP contribution in [0.2, 0.25) is 0 Å². The van der Waals surface area contributed by atoms with Gasteiger partial charge < -0.3 is 15.0 Å². The van der Waals surface area contributed by atoms with Crippen LogP contribution in [0.4, 0.5) is 10.1 Å². The van der Waals surface area contributed by atoms with E-state index in [1.807, 2.05) is 0 Å². The van der Waals surface area contributed by atoms with Gasteiger partial charge in [-0.1, -0.05) is 0 Å². The summed E-state index contributed by atoms with van der Waals surface area (Å²) in [5, 5.41) is 3.37. The molecule has 1 aromatic rings. The molecule has 108 valence electrons. The van der Waals surface area contributed by atoms with Gasteiger partial charge in [0.2, 0.25) is 5.91 Å². The summed E-state index contributed by atoms with van der Waals surface area (Å²) < 4.78 is 18.7. The SMILES string of the molecule is COc1ccc(N2CCCC(NC3CC3)C2=O)cc1F. The fraction of sp³-hybridized carbons (Fsp3) is 0.533. The molecule has 1 heterocycles. The first-order valence-corrected chi connectivity index (χ1v) is 7.10. The van der Waals surface area contributed by atoms with Crippen LogP contribution in [0.25, 0.3) is 0 Å². The summed E-state index contributed by atoms with van der Waals surface area (Å²) in [7, 11) is 1.43. The molecule has 1 aliphatic heterocycles. The van der Waals surface area contributed by atoms with Gasteiger partial charge in [-0.05, 0) is 37.8 Å². The Bertz CT molecular complexity index is 517. The number of carbonyl (C=O) groups is 1. The highest BCUT2D eigenvalue weighted by atomic mass is 19.1. The van der Waals surface area contributed by atoms with Crippen LogP contribution < -0.4 is 15.0 Å². The second-order valence-electron chi connectivity index (χ2n) is 5.44. The van der Waals surface area contributed by atoms with Gasteiger partial charge >= 0.3 is 0 Å². The van der Waals surface area contributed by atoms with Crippen molar-refractivity contribution in [1.82, 2.24) is 5.32 Å². The van der Waals surface area contributed by atoms with Gasteiger partial charge in [-0.25, -0.2) is 4.39 Å². The van der Waals surface area contributed by atoms with E-state index in [2.05, 4.69) is 5.32 Å². The van der Waals surface area contributed by atoms with Crippen molar-refractivity contribution >= 4 is 11.6 Å². The number of halogens is 1. The Morgan fingerprint density at radius 2 is 2.15 bits per heavy atom. The number of nitrogens with one attached hydrogen (secondary N) is 1. The van der Waals surface area contributed by atoms with Gasteiger partial charge in [0.1, 0.15) is 0 Å². The summed E-state index contributed by atoms with van der Waals surface area (Å²) in [4.78, 5) is 14.1. The van der Waals surface area contributed by atoms with Gasteiger partial charge in [0.05, 0.1) is 13.2 Å². The maximum atomic E-state index is 13.8. The van der Waals surface area contributed by atoms with Crippen molar-refractivity contribution in [2.45, 2.75) is 37.8 Å². The van der Waals surface area contributed by atoms with Gasteiger partial charge in [-0.2, -0.15) is 0 Å². The molecule has 0 bridgehead atoms. The minimum Gasteiger partial charge on any atom is -0.494 e. The number of carbonyl (C=O) groups excluding carboxylic acids is 1. The van der Waals surface area contributed by atoms with Gasteiger partial charge in [-0.3, -0.25) is 4.79 Å². The van der Waals surface area contributed by atoms with E-state index in [0.717, 1.165) is 25.7 Å². The minimum absolute atomic E-state index is 0.0488. The zero-order valence-electron chi connectivity index (χ0n) is 11.6. The normalized spacial score (nSPS) is 23.0. The van der Waals surface area contributed by atoms with Crippen LogP contribution >= 0.6 is 0 Å². The van der Waals surface area contributed by atoms with Crippen LogP contribution in [0.1, 0.15) is 25.7 Å². The predicted molar refractivity (Wildman–Crippen MR) is 74.5 cm³/mol. The molecule has 1 N–H and O–H groups in total. The van der Waals surface area contributed by atoms with E-state index in [1.165, 1.54) is 13.2 Å². The number of amides is 1. The third-order valence-corrected chi connectivity index (χ3v) is 3.90. The number of methoxy groups -OCH3 is 1. The summed E-state index contributed by atoms with van der Waals surface area (Å²) in [6.07, 6.45) is 4.11. The molecule has 4 nitrogen and oxygen atoms in total. The smallest absolute Gasteiger partial charge is 0.244 e. The molecule has 1 atom stereocenters. The molecule has 20 heavy (non-hydrogen) atoms. The third kappa shape index (κ3) is 2.63. The fourth-order valence-corrected chi connectivity index (χ4v) is 2.64. The lowest BCUT2D eigenvalue weighted by Crippen LogP contribution is -2.51. The highest BCUT2D eigenvalue weighted by Gasteiger charge is 2.34. The van der Waals surface area contributed by atoms with Crippen LogP contribution in [0.3, 0.4) is 0 Å². The number of nitrogens with zero attached hydrogens (tertiary/aromatic N) is 1. The molecule has 5 heteroatoms. The fourth-order valence-electron chi connectivity index (χ4n) is 2.64. The van der Waals surface area contributed by atoms with Crippen LogP contribution in [-0.2, 0) is 4.79 Å². The van der Waals surface area contributed by atoms with Gasteiger partial charge in [0.15, 0.2) is 11.6 Å². The minimum atomic E-state index is -0.435. The molecule has 1 saturated carbocycles. The van der Waals surface area contributed by atoms with Crippen molar-refractivity contribution in [3.8, 4) is 5.75 Å². The summed E-state index contributed by atoms with van der Waals surface area (Å²) in [5.41, 5.74) is 0.607. The summed E-state index contributed by atoms with van der Waals surface area (Å²) in [6.45, 7) is 0.646. The summed E-state index contributed by atoms with van der Waals surface area (Å²) in [6, 6.07) is 5.05. The monoisotopic (exact) mass is 278 g/mol. The van der Waals surface area contributed by atoms with Crippen LogP contribution in [0.5, 0.6) is 5.75 Å². The lowest BCUT2D eigenvalue weighted by atomic mass is 10.0. The molecule has 2 fully saturated rings. The number of rotatable bonds is 4. The van der Waals surface area contributed by atoms with Gasteiger partial charge in [0.25, 0.3) is 0 Å². The highest BCUT2D eigenvalue weighted by Crippen LogP contribution is 2.28. The molecule has 1 aromatic carbocycles. The number of hydrogen-bond donors (Lipinski definition) is 1. The van der Waals surface area contributed by atoms with E-state index >= 15 is 0 Å². The average molecular weight is 278 g/mol. The second kappa shape index (κ2) is 5.40. The molecule has 1 unspecified atom stereocenters. The maximum Gasteiger partial charge on any atom is 0.244 e. The van der Waals surface area contributed by atoms with Gasteiger partial charge in [-0.15, -0.1) is 0 Å². The molecule has 0 aromatic heterocycles. The van der Waals surface area contributed by atoms with Crippen molar-refractivity contribution in [3.05, 3.63) is 24.0 Å². The predicted octanol–water partition coefficient (Wildman–Crippen LogP) is 2.08. The van der Waals surface area contributed by atoms with E-state index in [1.54, 1.807) is 17.0 Å². The molecule has 1 saturated heterocycles. The zero-order chi connectivity index (χ0) is 14.1. The van der Waals surface area contributed by atoms with Gasteiger partial charge in [0, 0.05) is 24.3 Å². The quantitative estimate of drug-likeness (QED) is 0.917. The molecule has 2 aliphatic rings. The first-order chi connectivity index (χ1) is 9.69. The first kappa shape index (κ1) is 13.4. The van der Waals surface area contributed by atoms with E-state index in [-0.39, 0.29) is 17.7 Å². The molecular weight excluding hydrogens is 259 g/mol. The Balaban J connectivity index is 1.77. The molecule has 3 rings (SSSR count). The average Bonchev–Trinajstić information content (AvgIpc) is 3.25. The topological polar surface area (TPSA) is 41.6 Å². The zero-order valence-corrected chi connectivity index (χ0v) is 11.6. The van der Waals surface area contributed by atoms with Crippen LogP contribution in [0.15, 0.2) is 18.2 Å². The number of piperidine rings is 1. The number of hydrogen-bond acceptors (Lipinski definition) is 3. The first-order valence-electron chi connectivity index (χ1n) is 7.10. The number of anilines is 1. The highest BCUT2D eigenvalue weighted by molar-refractivity contribution is 5.98. The molecular formula is C15H19FN2O2. The van der Waals surface area contributed by atoms with Crippen molar-refractivity contribution in [2.24, 2.45) is 0 Å². The summed E-state index contributed by atoms with van der Waals surface area (Å²) in [5.74, 6) is -0.186. The van der Waals surface area contributed by atoms with E-state index in [0.29, 0.717) is 18.3 Å².